The summed E-state index contributed by atoms with van der Waals surface area (Å²) in [6.45, 7) is 2.56. The molecule has 5 nitrogen and oxygen atoms in total. The summed E-state index contributed by atoms with van der Waals surface area (Å²) in [5, 5.41) is -0.244. The molecule has 0 saturated carbocycles. The zero-order valence-electron chi connectivity index (χ0n) is 14.1. The van der Waals surface area contributed by atoms with E-state index in [0.717, 1.165) is 35.4 Å². The Bertz CT molecular complexity index is 963. The molecule has 138 valence electrons. The van der Waals surface area contributed by atoms with E-state index < -0.39 is 15.8 Å². The lowest BCUT2D eigenvalue weighted by molar-refractivity contribution is -0.118. The van der Waals surface area contributed by atoms with Crippen LogP contribution in [0.15, 0.2) is 41.3 Å². The molecule has 0 saturated heterocycles. The third-order valence-electron chi connectivity index (χ3n) is 4.31. The first kappa shape index (κ1) is 18.8. The van der Waals surface area contributed by atoms with E-state index in [1.807, 2.05) is 19.1 Å². The molecular weight excluding hydrogens is 379 g/mol. The number of fused-ring (bicyclic) bond motifs is 1. The molecule has 1 amide bonds. The predicted octanol–water partition coefficient (Wildman–Crippen LogP) is 3.26. The van der Waals surface area contributed by atoms with E-state index in [-0.39, 0.29) is 22.4 Å². The molecule has 1 aliphatic heterocycles. The first-order valence-corrected chi connectivity index (χ1v) is 10.0. The third-order valence-corrected chi connectivity index (χ3v) is 6.00. The minimum absolute atomic E-state index is 0.0744. The van der Waals surface area contributed by atoms with Crippen LogP contribution in [0, 0.1) is 5.82 Å². The Labute approximate surface area is 156 Å². The number of nitrogens with one attached hydrogen (secondary N) is 1. The Hall–Kier alpha value is -1.96. The monoisotopic (exact) mass is 396 g/mol. The van der Waals surface area contributed by atoms with Crippen LogP contribution in [-0.4, -0.2) is 20.9 Å². The SMILES string of the molecule is CCC(=O)N1CCc2cc(CNS(=O)(=O)c3ccc(F)c(Cl)c3)ccc21. The van der Waals surface area contributed by atoms with Gasteiger partial charge in [-0.25, -0.2) is 17.5 Å². The molecule has 0 bridgehead atoms. The molecule has 0 unspecified atom stereocenters. The summed E-state index contributed by atoms with van der Waals surface area (Å²) in [5.74, 6) is -0.596. The quantitative estimate of drug-likeness (QED) is 0.843. The number of carbonyl (C=O) groups is 1. The van der Waals surface area contributed by atoms with Crippen LogP contribution in [0.4, 0.5) is 10.1 Å². The van der Waals surface area contributed by atoms with Crippen molar-refractivity contribution in [2.45, 2.75) is 31.2 Å². The van der Waals surface area contributed by atoms with Crippen molar-refractivity contribution in [2.24, 2.45) is 0 Å². The Morgan fingerprint density at radius 1 is 1.27 bits per heavy atom. The van der Waals surface area contributed by atoms with Crippen molar-refractivity contribution in [3.05, 3.63) is 58.4 Å². The number of hydrogen-bond donors (Lipinski definition) is 1. The first-order chi connectivity index (χ1) is 12.3. The van der Waals surface area contributed by atoms with Crippen LogP contribution < -0.4 is 9.62 Å². The van der Waals surface area contributed by atoms with Crippen LogP contribution in [0.2, 0.25) is 5.02 Å². The smallest absolute Gasteiger partial charge is 0.240 e. The third kappa shape index (κ3) is 3.75. The largest absolute Gasteiger partial charge is 0.312 e. The number of nitrogens with zero attached hydrogens (tertiary/aromatic N) is 1. The normalized spacial score (nSPS) is 13.7. The number of halogens is 2. The number of benzene rings is 2. The van der Waals surface area contributed by atoms with Gasteiger partial charge in [-0.05, 0) is 41.8 Å². The summed E-state index contributed by atoms with van der Waals surface area (Å²) >= 11 is 5.65. The fourth-order valence-corrected chi connectivity index (χ4v) is 4.21. The van der Waals surface area contributed by atoms with Crippen molar-refractivity contribution in [1.82, 2.24) is 4.72 Å². The van der Waals surface area contributed by atoms with Gasteiger partial charge >= 0.3 is 0 Å². The van der Waals surface area contributed by atoms with E-state index in [1.54, 1.807) is 11.0 Å². The van der Waals surface area contributed by atoms with Gasteiger partial charge in [0.1, 0.15) is 5.82 Å². The lowest BCUT2D eigenvalue weighted by atomic mass is 10.1. The first-order valence-electron chi connectivity index (χ1n) is 8.18. The van der Waals surface area contributed by atoms with Crippen LogP contribution in [0.1, 0.15) is 24.5 Å². The van der Waals surface area contributed by atoms with Crippen molar-refractivity contribution >= 4 is 33.2 Å². The molecule has 3 rings (SSSR count). The van der Waals surface area contributed by atoms with Gasteiger partial charge in [-0.1, -0.05) is 30.7 Å². The van der Waals surface area contributed by atoms with Crippen LogP contribution in [-0.2, 0) is 27.8 Å². The van der Waals surface area contributed by atoms with E-state index in [9.17, 15) is 17.6 Å². The summed E-state index contributed by atoms with van der Waals surface area (Å²) in [7, 11) is -3.81. The maximum atomic E-state index is 13.2. The molecular formula is C18H18ClFN2O3S. The van der Waals surface area contributed by atoms with Gasteiger partial charge in [-0.2, -0.15) is 0 Å². The lowest BCUT2D eigenvalue weighted by Crippen LogP contribution is -2.27. The molecule has 8 heteroatoms. The number of anilines is 1. The van der Waals surface area contributed by atoms with Crippen molar-refractivity contribution in [3.8, 4) is 0 Å². The standard InChI is InChI=1S/C18H18ClFN2O3S/c1-2-18(23)22-8-7-13-9-12(3-6-17(13)22)11-21-26(24,25)14-4-5-16(20)15(19)10-14/h3-6,9-10,21H,2,7-8,11H2,1H3. The molecule has 0 radical (unpaired) electrons. The average Bonchev–Trinajstić information content (AvgIpc) is 3.04. The molecule has 1 heterocycles. The van der Waals surface area contributed by atoms with Gasteiger partial charge in [0.15, 0.2) is 0 Å². The number of rotatable bonds is 5. The molecule has 0 aromatic heterocycles. The van der Waals surface area contributed by atoms with Gasteiger partial charge in [0.05, 0.1) is 9.92 Å². The van der Waals surface area contributed by atoms with Crippen molar-refractivity contribution < 1.29 is 17.6 Å². The maximum Gasteiger partial charge on any atom is 0.240 e. The second-order valence-electron chi connectivity index (χ2n) is 6.01. The highest BCUT2D eigenvalue weighted by Gasteiger charge is 2.24. The van der Waals surface area contributed by atoms with Crippen molar-refractivity contribution in [3.63, 3.8) is 0 Å². The second-order valence-corrected chi connectivity index (χ2v) is 8.19. The molecule has 1 N–H and O–H groups in total. The van der Waals surface area contributed by atoms with E-state index in [4.69, 9.17) is 11.6 Å². The molecule has 26 heavy (non-hydrogen) atoms. The molecule has 2 aromatic rings. The van der Waals surface area contributed by atoms with Gasteiger partial charge in [-0.3, -0.25) is 4.79 Å². The van der Waals surface area contributed by atoms with Gasteiger partial charge in [-0.15, -0.1) is 0 Å². The van der Waals surface area contributed by atoms with E-state index in [0.29, 0.717) is 13.0 Å². The summed E-state index contributed by atoms with van der Waals surface area (Å²) in [6.07, 6.45) is 1.19. The summed E-state index contributed by atoms with van der Waals surface area (Å²) in [5.41, 5.74) is 2.69. The molecule has 2 aromatic carbocycles. The Morgan fingerprint density at radius 3 is 2.73 bits per heavy atom. The Kier molecular flexibility index (Phi) is 5.32. The van der Waals surface area contributed by atoms with Gasteiger partial charge < -0.3 is 4.90 Å². The van der Waals surface area contributed by atoms with Crippen LogP contribution >= 0.6 is 11.6 Å². The zero-order valence-corrected chi connectivity index (χ0v) is 15.7. The average molecular weight is 397 g/mol. The molecule has 0 fully saturated rings. The molecule has 0 spiro atoms. The highest BCUT2D eigenvalue weighted by atomic mass is 35.5. The van der Waals surface area contributed by atoms with E-state index >= 15 is 0 Å². The van der Waals surface area contributed by atoms with Crippen LogP contribution in [0.5, 0.6) is 0 Å². The summed E-state index contributed by atoms with van der Waals surface area (Å²) < 4.78 is 40.4. The minimum atomic E-state index is -3.81. The van der Waals surface area contributed by atoms with Crippen molar-refractivity contribution in [2.75, 3.05) is 11.4 Å². The second kappa shape index (κ2) is 7.34. The number of sulfonamides is 1. The van der Waals surface area contributed by atoms with E-state index in [1.165, 1.54) is 6.07 Å². The van der Waals surface area contributed by atoms with E-state index in [2.05, 4.69) is 4.72 Å². The van der Waals surface area contributed by atoms with Crippen molar-refractivity contribution in [1.29, 1.82) is 0 Å². The van der Waals surface area contributed by atoms with Crippen LogP contribution in [0.25, 0.3) is 0 Å². The predicted molar refractivity (Wildman–Crippen MR) is 98.2 cm³/mol. The van der Waals surface area contributed by atoms with Gasteiger partial charge in [0.2, 0.25) is 15.9 Å². The molecule has 0 atom stereocenters. The maximum absolute atomic E-state index is 13.2. The lowest BCUT2D eigenvalue weighted by Gasteiger charge is -2.16. The molecule has 0 aliphatic carbocycles. The molecule has 1 aliphatic rings. The fourth-order valence-electron chi connectivity index (χ4n) is 2.92. The highest BCUT2D eigenvalue weighted by Crippen LogP contribution is 2.29. The fraction of sp³-hybridized carbons (Fsp3) is 0.278. The Balaban J connectivity index is 1.74. The summed E-state index contributed by atoms with van der Waals surface area (Å²) in [6, 6.07) is 8.80. The number of carbonyl (C=O) groups excluding carboxylic acids is 1. The van der Waals surface area contributed by atoms with Crippen LogP contribution in [0.3, 0.4) is 0 Å². The number of hydrogen-bond acceptors (Lipinski definition) is 3. The Morgan fingerprint density at radius 2 is 2.04 bits per heavy atom. The topological polar surface area (TPSA) is 66.5 Å². The number of amides is 1. The zero-order chi connectivity index (χ0) is 18.9. The summed E-state index contributed by atoms with van der Waals surface area (Å²) in [4.78, 5) is 13.6. The van der Waals surface area contributed by atoms with Gasteiger partial charge in [0, 0.05) is 25.2 Å². The highest BCUT2D eigenvalue weighted by molar-refractivity contribution is 7.89. The van der Waals surface area contributed by atoms with Gasteiger partial charge in [0.25, 0.3) is 0 Å². The minimum Gasteiger partial charge on any atom is -0.312 e.